The predicted molar refractivity (Wildman–Crippen MR) is 86.8 cm³/mol. The Hall–Kier alpha value is -2.03. The molecule has 0 radical (unpaired) electrons. The first-order chi connectivity index (χ1) is 9.69. The second kappa shape index (κ2) is 6.94. The number of hydrogen-bond donors (Lipinski definition) is 2. The summed E-state index contributed by atoms with van der Waals surface area (Å²) in [7, 11) is 0. The first kappa shape index (κ1) is 14.4. The van der Waals surface area contributed by atoms with E-state index in [0.717, 1.165) is 30.0 Å². The van der Waals surface area contributed by atoms with Crippen LogP contribution in [0.25, 0.3) is 0 Å². The molecule has 2 N–H and O–H groups in total. The SMILES string of the molecule is CCCNc1cncc(Nc2cccc(C(C)C)c2)c1. The minimum Gasteiger partial charge on any atom is -0.384 e. The lowest BCUT2D eigenvalue weighted by molar-refractivity contribution is 0.867. The summed E-state index contributed by atoms with van der Waals surface area (Å²) in [6.45, 7) is 7.53. The van der Waals surface area contributed by atoms with E-state index in [1.165, 1.54) is 5.56 Å². The van der Waals surface area contributed by atoms with Crippen LogP contribution >= 0.6 is 0 Å². The molecule has 0 atom stereocenters. The third kappa shape index (κ3) is 3.98. The van der Waals surface area contributed by atoms with Crippen LogP contribution in [-0.2, 0) is 0 Å². The molecule has 2 aromatic rings. The average molecular weight is 269 g/mol. The van der Waals surface area contributed by atoms with Gasteiger partial charge in [0, 0.05) is 12.2 Å². The summed E-state index contributed by atoms with van der Waals surface area (Å²) in [6, 6.07) is 10.6. The fourth-order valence-corrected chi connectivity index (χ4v) is 2.02. The summed E-state index contributed by atoms with van der Waals surface area (Å²) >= 11 is 0. The van der Waals surface area contributed by atoms with Gasteiger partial charge < -0.3 is 10.6 Å². The van der Waals surface area contributed by atoms with Gasteiger partial charge in [-0.25, -0.2) is 0 Å². The van der Waals surface area contributed by atoms with Crippen molar-refractivity contribution in [3.63, 3.8) is 0 Å². The highest BCUT2D eigenvalue weighted by atomic mass is 14.9. The molecule has 0 aliphatic rings. The fraction of sp³-hybridized carbons (Fsp3) is 0.353. The van der Waals surface area contributed by atoms with E-state index in [-0.39, 0.29) is 0 Å². The number of hydrogen-bond acceptors (Lipinski definition) is 3. The van der Waals surface area contributed by atoms with Crippen LogP contribution < -0.4 is 10.6 Å². The maximum absolute atomic E-state index is 4.27. The third-order valence-corrected chi connectivity index (χ3v) is 3.16. The Morgan fingerprint density at radius 2 is 1.85 bits per heavy atom. The molecule has 0 spiro atoms. The summed E-state index contributed by atoms with van der Waals surface area (Å²) in [5, 5.41) is 6.76. The fourth-order valence-electron chi connectivity index (χ4n) is 2.02. The molecule has 0 saturated carbocycles. The lowest BCUT2D eigenvalue weighted by Gasteiger charge is -2.11. The van der Waals surface area contributed by atoms with Crippen LogP contribution in [0.4, 0.5) is 17.1 Å². The molecule has 3 heteroatoms. The highest BCUT2D eigenvalue weighted by molar-refractivity contribution is 5.63. The van der Waals surface area contributed by atoms with Crippen LogP contribution in [0.5, 0.6) is 0 Å². The van der Waals surface area contributed by atoms with Crippen molar-refractivity contribution in [1.29, 1.82) is 0 Å². The van der Waals surface area contributed by atoms with Gasteiger partial charge in [0.2, 0.25) is 0 Å². The van der Waals surface area contributed by atoms with E-state index in [1.807, 2.05) is 12.4 Å². The van der Waals surface area contributed by atoms with Crippen molar-refractivity contribution in [2.24, 2.45) is 0 Å². The average Bonchev–Trinajstić information content (AvgIpc) is 2.46. The number of nitrogens with one attached hydrogen (secondary N) is 2. The van der Waals surface area contributed by atoms with Gasteiger partial charge >= 0.3 is 0 Å². The van der Waals surface area contributed by atoms with Gasteiger partial charge in [-0.2, -0.15) is 0 Å². The molecule has 0 amide bonds. The van der Waals surface area contributed by atoms with Crippen LogP contribution in [-0.4, -0.2) is 11.5 Å². The van der Waals surface area contributed by atoms with E-state index < -0.39 is 0 Å². The first-order valence-corrected chi connectivity index (χ1v) is 7.25. The van der Waals surface area contributed by atoms with Crippen LogP contribution in [0.3, 0.4) is 0 Å². The zero-order valence-corrected chi connectivity index (χ0v) is 12.5. The summed E-state index contributed by atoms with van der Waals surface area (Å²) in [6.07, 6.45) is 4.80. The molecule has 20 heavy (non-hydrogen) atoms. The zero-order valence-electron chi connectivity index (χ0n) is 12.5. The van der Waals surface area contributed by atoms with Crippen molar-refractivity contribution in [3.8, 4) is 0 Å². The molecular weight excluding hydrogens is 246 g/mol. The number of benzene rings is 1. The summed E-state index contributed by atoms with van der Waals surface area (Å²) in [4.78, 5) is 4.27. The molecule has 3 nitrogen and oxygen atoms in total. The van der Waals surface area contributed by atoms with E-state index in [0.29, 0.717) is 5.92 Å². The largest absolute Gasteiger partial charge is 0.384 e. The molecule has 0 aliphatic heterocycles. The smallest absolute Gasteiger partial charge is 0.0591 e. The lowest BCUT2D eigenvalue weighted by atomic mass is 10.0. The van der Waals surface area contributed by atoms with Crippen molar-refractivity contribution < 1.29 is 0 Å². The van der Waals surface area contributed by atoms with Gasteiger partial charge in [-0.3, -0.25) is 4.98 Å². The summed E-state index contributed by atoms with van der Waals surface area (Å²) < 4.78 is 0. The van der Waals surface area contributed by atoms with Crippen molar-refractivity contribution in [2.45, 2.75) is 33.1 Å². The van der Waals surface area contributed by atoms with Crippen molar-refractivity contribution >= 4 is 17.1 Å². The maximum Gasteiger partial charge on any atom is 0.0591 e. The third-order valence-electron chi connectivity index (χ3n) is 3.16. The molecule has 0 saturated heterocycles. The molecule has 2 rings (SSSR count). The monoisotopic (exact) mass is 269 g/mol. The second-order valence-electron chi connectivity index (χ2n) is 5.29. The summed E-state index contributed by atoms with van der Waals surface area (Å²) in [5.74, 6) is 0.535. The van der Waals surface area contributed by atoms with Gasteiger partial charge in [0.15, 0.2) is 0 Å². The molecule has 1 aromatic heterocycles. The number of rotatable bonds is 6. The molecular formula is C17H23N3. The van der Waals surface area contributed by atoms with E-state index in [1.54, 1.807) is 0 Å². The van der Waals surface area contributed by atoms with Gasteiger partial charge in [0.05, 0.1) is 23.8 Å². The normalized spacial score (nSPS) is 10.6. The Morgan fingerprint density at radius 3 is 2.60 bits per heavy atom. The van der Waals surface area contributed by atoms with Crippen LogP contribution in [0.15, 0.2) is 42.7 Å². The van der Waals surface area contributed by atoms with Gasteiger partial charge in [-0.15, -0.1) is 0 Å². The first-order valence-electron chi connectivity index (χ1n) is 7.25. The predicted octanol–water partition coefficient (Wildman–Crippen LogP) is 4.77. The van der Waals surface area contributed by atoms with Crippen LogP contribution in [0.2, 0.25) is 0 Å². The Bertz CT molecular complexity index is 549. The Morgan fingerprint density at radius 1 is 1.05 bits per heavy atom. The van der Waals surface area contributed by atoms with Gasteiger partial charge in [-0.05, 0) is 36.1 Å². The van der Waals surface area contributed by atoms with Gasteiger partial charge in [0.25, 0.3) is 0 Å². The minimum atomic E-state index is 0.535. The minimum absolute atomic E-state index is 0.535. The van der Waals surface area contributed by atoms with E-state index in [2.05, 4.69) is 66.7 Å². The standard InChI is InChI=1S/C17H23N3/c1-4-8-19-16-10-17(12-18-11-16)20-15-7-5-6-14(9-15)13(2)3/h5-7,9-13,19-20H,4,8H2,1-3H3. The molecule has 106 valence electrons. The number of pyridine rings is 1. The highest BCUT2D eigenvalue weighted by Crippen LogP contribution is 2.22. The Balaban J connectivity index is 2.11. The van der Waals surface area contributed by atoms with E-state index in [4.69, 9.17) is 0 Å². The molecule has 1 heterocycles. The van der Waals surface area contributed by atoms with Crippen molar-refractivity contribution in [2.75, 3.05) is 17.2 Å². The summed E-state index contributed by atoms with van der Waals surface area (Å²) in [5.41, 5.74) is 4.50. The molecule has 1 aromatic carbocycles. The topological polar surface area (TPSA) is 37.0 Å². The Kier molecular flexibility index (Phi) is 4.99. The number of aromatic nitrogens is 1. The van der Waals surface area contributed by atoms with Gasteiger partial charge in [0.1, 0.15) is 0 Å². The van der Waals surface area contributed by atoms with Crippen molar-refractivity contribution in [3.05, 3.63) is 48.3 Å². The molecule has 0 aliphatic carbocycles. The Labute approximate surface area is 121 Å². The number of nitrogens with zero attached hydrogens (tertiary/aromatic N) is 1. The van der Waals surface area contributed by atoms with Gasteiger partial charge in [-0.1, -0.05) is 32.9 Å². The van der Waals surface area contributed by atoms with Crippen LogP contribution in [0.1, 0.15) is 38.7 Å². The zero-order chi connectivity index (χ0) is 14.4. The van der Waals surface area contributed by atoms with Crippen molar-refractivity contribution in [1.82, 2.24) is 4.98 Å². The van der Waals surface area contributed by atoms with E-state index in [9.17, 15) is 0 Å². The highest BCUT2D eigenvalue weighted by Gasteiger charge is 2.01. The number of anilines is 3. The molecule has 0 fully saturated rings. The lowest BCUT2D eigenvalue weighted by Crippen LogP contribution is -2.01. The molecule has 0 unspecified atom stereocenters. The second-order valence-corrected chi connectivity index (χ2v) is 5.29. The van der Waals surface area contributed by atoms with Crippen LogP contribution in [0, 0.1) is 0 Å². The maximum atomic E-state index is 4.27. The van der Waals surface area contributed by atoms with E-state index >= 15 is 0 Å². The quantitative estimate of drug-likeness (QED) is 0.793. The molecule has 0 bridgehead atoms.